The summed E-state index contributed by atoms with van der Waals surface area (Å²) in [5, 5.41) is 0. The van der Waals surface area contributed by atoms with Crippen LogP contribution in [0.1, 0.15) is 13.3 Å². The molecule has 1 aromatic rings. The Morgan fingerprint density at radius 3 is 2.12 bits per heavy atom. The zero-order valence-corrected chi connectivity index (χ0v) is 10.1. The molecular weight excluding hydrogens is 261 g/mol. The third kappa shape index (κ3) is 6.27. The van der Waals surface area contributed by atoms with Gasteiger partial charge in [-0.25, -0.2) is 17.6 Å². The number of rotatable bonds is 2. The van der Waals surface area contributed by atoms with Gasteiger partial charge in [0.05, 0.1) is 13.6 Å². The van der Waals surface area contributed by atoms with E-state index in [9.17, 15) is 13.2 Å². The van der Waals surface area contributed by atoms with E-state index in [4.69, 9.17) is 13.0 Å². The summed E-state index contributed by atoms with van der Waals surface area (Å²) in [6.07, 6.45) is 7.43. The molecule has 0 aliphatic rings. The maximum Gasteiger partial charge on any atom is 0.485 e. The van der Waals surface area contributed by atoms with Crippen LogP contribution in [-0.2, 0) is 23.7 Å². The number of aromatic nitrogens is 2. The Bertz CT molecular complexity index is 439. The third-order valence-electron chi connectivity index (χ3n) is 1.59. The van der Waals surface area contributed by atoms with E-state index >= 15 is 0 Å². The highest BCUT2D eigenvalue weighted by Crippen LogP contribution is 2.20. The van der Waals surface area contributed by atoms with Gasteiger partial charge in [-0.2, -0.15) is 13.2 Å². The van der Waals surface area contributed by atoms with Crippen molar-refractivity contribution < 1.29 is 30.7 Å². The fraction of sp³-hybridized carbons (Fsp3) is 0.625. The van der Waals surface area contributed by atoms with E-state index in [0.29, 0.717) is 0 Å². The van der Waals surface area contributed by atoms with Crippen molar-refractivity contribution in [3.8, 4) is 0 Å². The quantitative estimate of drug-likeness (QED) is 0.454. The molecule has 0 spiro atoms. The van der Waals surface area contributed by atoms with Gasteiger partial charge in [0.25, 0.3) is 0 Å². The molecule has 0 saturated carbocycles. The minimum absolute atomic E-state index is 1.13. The zero-order chi connectivity index (χ0) is 13.7. The Morgan fingerprint density at radius 2 is 1.88 bits per heavy atom. The molecule has 1 aromatic heterocycles. The van der Waals surface area contributed by atoms with Crippen LogP contribution < -0.4 is 4.57 Å². The summed E-state index contributed by atoms with van der Waals surface area (Å²) < 4.78 is 63.1. The van der Waals surface area contributed by atoms with E-state index in [-0.39, 0.29) is 0 Å². The average molecular weight is 274 g/mol. The van der Waals surface area contributed by atoms with Crippen LogP contribution in [0.5, 0.6) is 0 Å². The number of halogens is 3. The Labute approximate surface area is 97.2 Å². The first-order valence-corrected chi connectivity index (χ1v) is 6.02. The van der Waals surface area contributed by atoms with E-state index in [2.05, 4.69) is 34.8 Å². The first-order chi connectivity index (χ1) is 7.58. The van der Waals surface area contributed by atoms with Crippen LogP contribution in [0, 0.1) is 0 Å². The van der Waals surface area contributed by atoms with Gasteiger partial charge in [0.15, 0.2) is 10.1 Å². The number of alkyl halides is 3. The van der Waals surface area contributed by atoms with Crippen molar-refractivity contribution in [2.45, 2.75) is 25.4 Å². The van der Waals surface area contributed by atoms with E-state index in [0.717, 1.165) is 6.54 Å². The fourth-order valence-electron chi connectivity index (χ4n) is 0.892. The first-order valence-electron chi connectivity index (χ1n) is 4.61. The minimum Gasteiger partial charge on any atom is -0.741 e. The van der Waals surface area contributed by atoms with E-state index in [1.807, 2.05) is 7.05 Å². The highest BCUT2D eigenvalue weighted by atomic mass is 32.2. The second kappa shape index (κ2) is 6.01. The molecule has 9 heteroatoms. The number of imidazole rings is 1. The summed E-state index contributed by atoms with van der Waals surface area (Å²) in [5.74, 6) is 0. The molecule has 0 aliphatic heterocycles. The number of nitrogens with zero attached hydrogens (tertiary/aromatic N) is 2. The largest absolute Gasteiger partial charge is 0.741 e. The van der Waals surface area contributed by atoms with Crippen LogP contribution in [0.2, 0.25) is 0 Å². The summed E-state index contributed by atoms with van der Waals surface area (Å²) in [6, 6.07) is 0. The molecule has 1 rings (SSSR count). The molecule has 0 N–H and O–H groups in total. The van der Waals surface area contributed by atoms with Gasteiger partial charge in [-0.05, 0) is 6.42 Å². The lowest BCUT2D eigenvalue weighted by Crippen LogP contribution is -2.30. The molecular formula is C8H13F3N2O3S. The van der Waals surface area contributed by atoms with Gasteiger partial charge in [-0.15, -0.1) is 0 Å². The Balaban J connectivity index is 0.000000304. The van der Waals surface area contributed by atoms with Crippen molar-refractivity contribution in [1.82, 2.24) is 4.57 Å². The lowest BCUT2D eigenvalue weighted by molar-refractivity contribution is -0.696. The van der Waals surface area contributed by atoms with E-state index < -0.39 is 15.6 Å². The smallest absolute Gasteiger partial charge is 0.485 e. The standard InChI is InChI=1S/C7H13N2.CHF3O3S/c1-3-4-9-6-5-8(2)7-9;2-1(3,4)8(5,6)7/h5-7H,3-4H2,1-2H3;(H,5,6,7)/q+1;/p-1. The van der Waals surface area contributed by atoms with Crippen LogP contribution in [0.4, 0.5) is 13.2 Å². The monoisotopic (exact) mass is 274 g/mol. The molecule has 0 aromatic carbocycles. The Hall–Kier alpha value is -1.09. The maximum absolute atomic E-state index is 10.7. The van der Waals surface area contributed by atoms with Crippen molar-refractivity contribution in [2.24, 2.45) is 7.05 Å². The molecule has 100 valence electrons. The van der Waals surface area contributed by atoms with Gasteiger partial charge in [-0.3, -0.25) is 0 Å². The van der Waals surface area contributed by atoms with Crippen LogP contribution in [0.3, 0.4) is 0 Å². The molecule has 0 unspecified atom stereocenters. The molecule has 0 radical (unpaired) electrons. The van der Waals surface area contributed by atoms with Gasteiger partial charge in [-0.1, -0.05) is 6.92 Å². The molecule has 0 bridgehead atoms. The molecule has 17 heavy (non-hydrogen) atoms. The third-order valence-corrected chi connectivity index (χ3v) is 2.16. The van der Waals surface area contributed by atoms with Crippen LogP contribution in [-0.4, -0.2) is 23.0 Å². The number of aryl methyl sites for hydroxylation is 2. The second-order valence-electron chi connectivity index (χ2n) is 3.22. The summed E-state index contributed by atoms with van der Waals surface area (Å²) in [4.78, 5) is 0. The van der Waals surface area contributed by atoms with Crippen molar-refractivity contribution in [3.63, 3.8) is 0 Å². The number of hydrogen-bond acceptors (Lipinski definition) is 3. The van der Waals surface area contributed by atoms with Gasteiger partial charge >= 0.3 is 5.51 Å². The Kier molecular flexibility index (Phi) is 5.62. The summed E-state index contributed by atoms with van der Waals surface area (Å²) >= 11 is 0. The van der Waals surface area contributed by atoms with Crippen molar-refractivity contribution in [1.29, 1.82) is 0 Å². The summed E-state index contributed by atoms with van der Waals surface area (Å²) in [7, 11) is -4.06. The van der Waals surface area contributed by atoms with Gasteiger partial charge in [0.2, 0.25) is 6.33 Å². The average Bonchev–Trinajstić information content (AvgIpc) is 2.49. The highest BCUT2D eigenvalue weighted by molar-refractivity contribution is 7.86. The van der Waals surface area contributed by atoms with Crippen LogP contribution in [0.25, 0.3) is 0 Å². The van der Waals surface area contributed by atoms with Gasteiger partial charge < -0.3 is 4.55 Å². The fourth-order valence-corrected chi connectivity index (χ4v) is 0.892. The van der Waals surface area contributed by atoms with E-state index in [1.165, 1.54) is 6.42 Å². The van der Waals surface area contributed by atoms with Crippen molar-refractivity contribution in [3.05, 3.63) is 18.7 Å². The predicted octanol–water partition coefficient (Wildman–Crippen LogP) is 0.774. The minimum atomic E-state index is -6.09. The molecule has 0 fully saturated rings. The van der Waals surface area contributed by atoms with Gasteiger partial charge in [0, 0.05) is 0 Å². The topological polar surface area (TPSA) is 66.0 Å². The predicted molar refractivity (Wildman–Crippen MR) is 51.7 cm³/mol. The maximum atomic E-state index is 10.7. The van der Waals surface area contributed by atoms with Crippen LogP contribution in [0.15, 0.2) is 18.7 Å². The van der Waals surface area contributed by atoms with Crippen LogP contribution >= 0.6 is 0 Å². The zero-order valence-electron chi connectivity index (χ0n) is 9.31. The number of hydrogen-bond donors (Lipinski definition) is 0. The Morgan fingerprint density at radius 1 is 1.41 bits per heavy atom. The molecule has 5 nitrogen and oxygen atoms in total. The summed E-state index contributed by atoms with van der Waals surface area (Å²) in [5.41, 5.74) is -5.65. The van der Waals surface area contributed by atoms with E-state index in [1.54, 1.807) is 0 Å². The molecule has 0 atom stereocenters. The summed E-state index contributed by atoms with van der Waals surface area (Å²) in [6.45, 7) is 3.31. The normalized spacial score (nSPS) is 11.9. The molecule has 0 amide bonds. The molecule has 0 aliphatic carbocycles. The van der Waals surface area contributed by atoms with Gasteiger partial charge in [0.1, 0.15) is 12.4 Å². The first kappa shape index (κ1) is 15.9. The lowest BCUT2D eigenvalue weighted by atomic mass is 10.5. The SMILES string of the molecule is CCC[n+]1ccn(C)c1.O=S(=O)([O-])C(F)(F)F. The highest BCUT2D eigenvalue weighted by Gasteiger charge is 2.36. The van der Waals surface area contributed by atoms with Crippen molar-refractivity contribution >= 4 is 10.1 Å². The lowest BCUT2D eigenvalue weighted by Gasteiger charge is -2.08. The molecule has 0 saturated heterocycles. The molecule has 1 heterocycles. The van der Waals surface area contributed by atoms with Crippen molar-refractivity contribution in [2.75, 3.05) is 0 Å². The second-order valence-corrected chi connectivity index (χ2v) is 4.59.